The van der Waals surface area contributed by atoms with Gasteiger partial charge in [-0.15, -0.1) is 0 Å². The molecule has 0 aliphatic rings. The van der Waals surface area contributed by atoms with Crippen molar-refractivity contribution in [3.63, 3.8) is 0 Å². The molecule has 0 amide bonds. The molecule has 0 bridgehead atoms. The second-order valence-corrected chi connectivity index (χ2v) is 6.20. The molecule has 0 saturated carbocycles. The average Bonchev–Trinajstić information content (AvgIpc) is 2.55. The molecule has 0 heterocycles. The molecule has 0 fully saturated rings. The predicted molar refractivity (Wildman–Crippen MR) is 81.6 cm³/mol. The van der Waals surface area contributed by atoms with Crippen LogP contribution in [0.4, 0.5) is 11.4 Å². The lowest BCUT2D eigenvalue weighted by Crippen LogP contribution is -2.09. The molecule has 10 heteroatoms. The van der Waals surface area contributed by atoms with Crippen molar-refractivity contribution < 1.29 is 18.2 Å². The van der Waals surface area contributed by atoms with Crippen LogP contribution in [0.3, 0.4) is 0 Å². The standard InChI is InChI=1S/C13H11N3O6S/c1-14-23(21,13-8-4-11(5-9-13)16(19)20)22-12-6-2-10(3-7-12)15(17)18/h2-9H,1H3/t23-/m1/s1. The largest absolute Gasteiger partial charge is 0.392 e. The Hall–Kier alpha value is -3.01. The van der Waals surface area contributed by atoms with Crippen molar-refractivity contribution in [1.82, 2.24) is 0 Å². The van der Waals surface area contributed by atoms with Gasteiger partial charge in [0, 0.05) is 31.3 Å². The van der Waals surface area contributed by atoms with Gasteiger partial charge >= 0.3 is 0 Å². The predicted octanol–water partition coefficient (Wildman–Crippen LogP) is 2.95. The first-order valence-electron chi connectivity index (χ1n) is 6.19. The van der Waals surface area contributed by atoms with Crippen molar-refractivity contribution in [1.29, 1.82) is 0 Å². The highest BCUT2D eigenvalue weighted by atomic mass is 32.2. The van der Waals surface area contributed by atoms with Crippen LogP contribution >= 0.6 is 0 Å². The zero-order valence-electron chi connectivity index (χ0n) is 11.8. The molecule has 0 aliphatic carbocycles. The maximum atomic E-state index is 12.7. The molecule has 2 rings (SSSR count). The number of hydrogen-bond acceptors (Lipinski definition) is 7. The number of nitro benzene ring substituents is 2. The van der Waals surface area contributed by atoms with Crippen LogP contribution in [0.25, 0.3) is 0 Å². The van der Waals surface area contributed by atoms with Crippen molar-refractivity contribution in [2.45, 2.75) is 4.90 Å². The zero-order valence-corrected chi connectivity index (χ0v) is 12.6. The van der Waals surface area contributed by atoms with Crippen LogP contribution in [0.2, 0.25) is 0 Å². The Labute approximate surface area is 131 Å². The summed E-state index contributed by atoms with van der Waals surface area (Å²) in [5.74, 6) is 0.129. The normalized spacial score (nSPS) is 12.9. The van der Waals surface area contributed by atoms with Gasteiger partial charge < -0.3 is 4.18 Å². The van der Waals surface area contributed by atoms with Gasteiger partial charge in [-0.25, -0.2) is 8.57 Å². The molecule has 9 nitrogen and oxygen atoms in total. The minimum Gasteiger partial charge on any atom is -0.392 e. The first-order chi connectivity index (χ1) is 10.9. The minimum absolute atomic E-state index is 0.129. The third kappa shape index (κ3) is 3.61. The van der Waals surface area contributed by atoms with Gasteiger partial charge in [-0.05, 0) is 24.3 Å². The summed E-state index contributed by atoms with van der Waals surface area (Å²) in [4.78, 5) is 20.2. The van der Waals surface area contributed by atoms with E-state index < -0.39 is 19.9 Å². The smallest absolute Gasteiger partial charge is 0.269 e. The van der Waals surface area contributed by atoms with Crippen LogP contribution < -0.4 is 4.18 Å². The number of hydrogen-bond donors (Lipinski definition) is 0. The summed E-state index contributed by atoms with van der Waals surface area (Å²) in [6, 6.07) is 9.99. The lowest BCUT2D eigenvalue weighted by Gasteiger charge is -2.11. The van der Waals surface area contributed by atoms with Crippen LogP contribution in [0, 0.1) is 20.2 Å². The molecule has 1 atom stereocenters. The van der Waals surface area contributed by atoms with E-state index >= 15 is 0 Å². The average molecular weight is 337 g/mol. The fourth-order valence-electron chi connectivity index (χ4n) is 1.68. The van der Waals surface area contributed by atoms with Crippen molar-refractivity contribution in [2.24, 2.45) is 4.36 Å². The lowest BCUT2D eigenvalue weighted by atomic mass is 10.3. The highest BCUT2D eigenvalue weighted by molar-refractivity contribution is 7.89. The molecule has 0 radical (unpaired) electrons. The van der Waals surface area contributed by atoms with Crippen LogP contribution in [-0.4, -0.2) is 21.1 Å². The Morgan fingerprint density at radius 1 is 0.913 bits per heavy atom. The molecule has 0 unspecified atom stereocenters. The SMILES string of the molecule is CN=[S@](=O)(Oc1ccc([N+](=O)[O-])cc1)c1ccc([N+](=O)[O-])cc1. The minimum atomic E-state index is -3.30. The first kappa shape index (κ1) is 16.4. The van der Waals surface area contributed by atoms with Gasteiger partial charge in [-0.1, -0.05) is 0 Å². The molecule has 2 aromatic carbocycles. The van der Waals surface area contributed by atoms with Crippen LogP contribution in [0.5, 0.6) is 5.75 Å². The topological polar surface area (TPSA) is 125 Å². The van der Waals surface area contributed by atoms with E-state index in [4.69, 9.17) is 4.18 Å². The molecule has 0 N–H and O–H groups in total. The second-order valence-electron chi connectivity index (χ2n) is 4.24. The lowest BCUT2D eigenvalue weighted by molar-refractivity contribution is -0.385. The monoisotopic (exact) mass is 337 g/mol. The molecule has 0 aromatic heterocycles. The number of non-ortho nitro benzene ring substituents is 2. The summed E-state index contributed by atoms with van der Waals surface area (Å²) in [5.41, 5.74) is -0.283. The van der Waals surface area contributed by atoms with Gasteiger partial charge in [0.25, 0.3) is 11.4 Å². The number of nitro groups is 2. The molecular weight excluding hydrogens is 326 g/mol. The Kier molecular flexibility index (Phi) is 4.55. The van der Waals surface area contributed by atoms with E-state index in [0.29, 0.717) is 0 Å². The fraction of sp³-hybridized carbons (Fsp3) is 0.0769. The number of nitrogens with zero attached hydrogens (tertiary/aromatic N) is 3. The van der Waals surface area contributed by atoms with Gasteiger partial charge in [-0.3, -0.25) is 20.2 Å². The van der Waals surface area contributed by atoms with Crippen LogP contribution in [0.1, 0.15) is 0 Å². The van der Waals surface area contributed by atoms with Crippen molar-refractivity contribution in [2.75, 3.05) is 7.05 Å². The summed E-state index contributed by atoms with van der Waals surface area (Å²) >= 11 is 0. The zero-order chi connectivity index (χ0) is 17.0. The van der Waals surface area contributed by atoms with E-state index in [2.05, 4.69) is 4.36 Å². The highest BCUT2D eigenvalue weighted by Gasteiger charge is 2.17. The summed E-state index contributed by atoms with van der Waals surface area (Å²) in [6.07, 6.45) is 0. The van der Waals surface area contributed by atoms with Crippen LogP contribution in [0.15, 0.2) is 57.8 Å². The maximum Gasteiger partial charge on any atom is 0.269 e. The van der Waals surface area contributed by atoms with E-state index in [0.717, 1.165) is 0 Å². The molecule has 0 saturated heterocycles. The maximum absolute atomic E-state index is 12.7. The van der Waals surface area contributed by atoms with E-state index in [1.807, 2.05) is 0 Å². The Bertz CT molecular complexity index is 854. The van der Waals surface area contributed by atoms with E-state index in [9.17, 15) is 24.4 Å². The second kappa shape index (κ2) is 6.40. The van der Waals surface area contributed by atoms with Gasteiger partial charge in [0.05, 0.1) is 14.7 Å². The van der Waals surface area contributed by atoms with Gasteiger partial charge in [0.1, 0.15) is 5.75 Å². The van der Waals surface area contributed by atoms with Gasteiger partial charge in [0.15, 0.2) is 0 Å². The molecule has 120 valence electrons. The molecule has 0 aliphatic heterocycles. The molecule has 23 heavy (non-hydrogen) atoms. The first-order valence-corrected chi connectivity index (χ1v) is 7.63. The third-order valence-corrected chi connectivity index (χ3v) is 4.61. The highest BCUT2D eigenvalue weighted by Crippen LogP contribution is 2.24. The molecular formula is C13H11N3O6S. The fourth-order valence-corrected chi connectivity index (χ4v) is 2.92. The Balaban J connectivity index is 2.32. The summed E-state index contributed by atoms with van der Waals surface area (Å²) in [6.45, 7) is 0. The van der Waals surface area contributed by atoms with Crippen LogP contribution in [-0.2, 0) is 10.0 Å². The van der Waals surface area contributed by atoms with Gasteiger partial charge in [-0.2, -0.15) is 0 Å². The molecule has 2 aromatic rings. The van der Waals surface area contributed by atoms with E-state index in [-0.39, 0.29) is 22.0 Å². The van der Waals surface area contributed by atoms with Crippen molar-refractivity contribution >= 4 is 21.4 Å². The summed E-state index contributed by atoms with van der Waals surface area (Å²) < 4.78 is 21.8. The van der Waals surface area contributed by atoms with Gasteiger partial charge in [0.2, 0.25) is 10.0 Å². The summed E-state index contributed by atoms with van der Waals surface area (Å²) in [5, 5.41) is 21.2. The van der Waals surface area contributed by atoms with Crippen molar-refractivity contribution in [3.8, 4) is 5.75 Å². The quantitative estimate of drug-likeness (QED) is 0.610. The van der Waals surface area contributed by atoms with Crippen molar-refractivity contribution in [3.05, 3.63) is 68.8 Å². The Morgan fingerprint density at radius 2 is 1.35 bits per heavy atom. The van der Waals surface area contributed by atoms with E-state index in [1.54, 1.807) is 0 Å². The number of benzene rings is 2. The summed E-state index contributed by atoms with van der Waals surface area (Å²) in [7, 11) is -2.01. The molecule has 0 spiro atoms. The number of rotatable bonds is 5. The third-order valence-electron chi connectivity index (χ3n) is 2.84. The van der Waals surface area contributed by atoms with E-state index in [1.165, 1.54) is 55.6 Å². The Morgan fingerprint density at radius 3 is 1.74 bits per heavy atom.